The molecule has 2 aliphatic heterocycles. The minimum absolute atomic E-state index is 0.0541. The number of nitrogens with one attached hydrogen (secondary N) is 1. The van der Waals surface area contributed by atoms with Crippen LogP contribution < -0.4 is 5.32 Å². The summed E-state index contributed by atoms with van der Waals surface area (Å²) in [7, 11) is 1.78. The average molecular weight is 485 g/mol. The molecule has 1 fully saturated rings. The van der Waals surface area contributed by atoms with Crippen molar-refractivity contribution >= 4 is 28.7 Å². The Bertz CT molecular complexity index is 1280. The van der Waals surface area contributed by atoms with E-state index in [4.69, 9.17) is 9.73 Å². The summed E-state index contributed by atoms with van der Waals surface area (Å²) in [5.74, 6) is -0.992. The maximum atomic E-state index is 13.1. The minimum atomic E-state index is -0.746. The third-order valence-electron chi connectivity index (χ3n) is 6.88. The molecule has 0 radical (unpaired) electrons. The van der Waals surface area contributed by atoms with Gasteiger partial charge in [-0.3, -0.25) is 24.8 Å². The molecule has 184 valence electrons. The van der Waals surface area contributed by atoms with Crippen LogP contribution in [0.25, 0.3) is 0 Å². The lowest BCUT2D eigenvalue weighted by Gasteiger charge is -2.31. The first-order valence-corrected chi connectivity index (χ1v) is 12.1. The number of fused-ring (bicyclic) bond motifs is 1. The molecule has 3 aromatic carbocycles. The van der Waals surface area contributed by atoms with Crippen LogP contribution in [0.15, 0.2) is 77.8 Å². The van der Waals surface area contributed by atoms with Crippen molar-refractivity contribution in [3.05, 3.63) is 99.6 Å². The number of carbonyl (C=O) groups excluding carboxylic acids is 1. The first kappa shape index (κ1) is 23.8. The van der Waals surface area contributed by atoms with Crippen molar-refractivity contribution in [3.63, 3.8) is 0 Å². The summed E-state index contributed by atoms with van der Waals surface area (Å²) in [5, 5.41) is 14.2. The summed E-state index contributed by atoms with van der Waals surface area (Å²) >= 11 is 0. The van der Waals surface area contributed by atoms with Crippen molar-refractivity contribution in [2.45, 2.75) is 31.4 Å². The predicted molar refractivity (Wildman–Crippen MR) is 139 cm³/mol. The maximum Gasteiger partial charge on any atom is 0.269 e. The van der Waals surface area contributed by atoms with Gasteiger partial charge in [-0.05, 0) is 42.2 Å². The number of ether oxygens (including phenoxy) is 1. The van der Waals surface area contributed by atoms with Crippen LogP contribution >= 0.6 is 0 Å². The summed E-state index contributed by atoms with van der Waals surface area (Å²) in [6, 6.07) is 22.0. The van der Waals surface area contributed by atoms with E-state index in [2.05, 4.69) is 22.3 Å². The van der Waals surface area contributed by atoms with Gasteiger partial charge in [0.1, 0.15) is 5.92 Å². The SMILES string of the molecule is COC1CCN(Cc2ccc(N=C(c3ccccc3)C3C(=O)Nc4ccc([N+](=O)[O-])cc43)cc2)CC1. The van der Waals surface area contributed by atoms with Gasteiger partial charge in [-0.15, -0.1) is 0 Å². The second-order valence-electron chi connectivity index (χ2n) is 9.19. The van der Waals surface area contributed by atoms with Crippen molar-refractivity contribution in [3.8, 4) is 0 Å². The lowest BCUT2D eigenvalue weighted by molar-refractivity contribution is -0.384. The number of nitro groups is 1. The van der Waals surface area contributed by atoms with Crippen molar-refractivity contribution in [2.75, 3.05) is 25.5 Å². The Balaban J connectivity index is 1.44. The van der Waals surface area contributed by atoms with Gasteiger partial charge in [-0.2, -0.15) is 0 Å². The van der Waals surface area contributed by atoms with Crippen molar-refractivity contribution in [2.24, 2.45) is 4.99 Å². The number of piperidine rings is 1. The Morgan fingerprint density at radius 1 is 1.08 bits per heavy atom. The van der Waals surface area contributed by atoms with E-state index in [1.54, 1.807) is 13.2 Å². The van der Waals surface area contributed by atoms with Crippen LogP contribution in [-0.4, -0.2) is 47.7 Å². The predicted octanol–water partition coefficient (Wildman–Crippen LogP) is 5.06. The molecule has 2 aliphatic rings. The minimum Gasteiger partial charge on any atom is -0.381 e. The standard InChI is InChI=1S/C28H28N4O4/c1-36-23-13-15-31(16-14-23)18-19-7-9-21(10-8-19)29-27(20-5-3-2-4-6-20)26-24-17-22(32(34)35)11-12-25(24)30-28(26)33/h2-12,17,23,26H,13-16,18H2,1H3,(H,30,33). The Kier molecular flexibility index (Phi) is 6.88. The molecular formula is C28H28N4O4. The average Bonchev–Trinajstić information content (AvgIpc) is 3.24. The molecule has 0 aromatic heterocycles. The van der Waals surface area contributed by atoms with E-state index in [0.717, 1.165) is 43.7 Å². The van der Waals surface area contributed by atoms with Crippen molar-refractivity contribution in [1.82, 2.24) is 4.90 Å². The van der Waals surface area contributed by atoms with E-state index in [0.29, 0.717) is 23.1 Å². The highest BCUT2D eigenvalue weighted by atomic mass is 16.6. The zero-order valence-electron chi connectivity index (χ0n) is 20.1. The lowest BCUT2D eigenvalue weighted by Crippen LogP contribution is -2.36. The topological polar surface area (TPSA) is 97.1 Å². The molecule has 1 saturated heterocycles. The van der Waals surface area contributed by atoms with Gasteiger partial charge in [0.2, 0.25) is 5.91 Å². The van der Waals surface area contributed by atoms with Gasteiger partial charge in [0.05, 0.1) is 22.4 Å². The Hall–Kier alpha value is -3.88. The fourth-order valence-electron chi connectivity index (χ4n) is 4.91. The normalized spacial score (nSPS) is 18.6. The number of anilines is 1. The van der Waals surface area contributed by atoms with Gasteiger partial charge in [-0.1, -0.05) is 42.5 Å². The summed E-state index contributed by atoms with van der Waals surface area (Å²) in [4.78, 5) is 31.3. The highest BCUT2D eigenvalue weighted by molar-refractivity contribution is 6.24. The lowest BCUT2D eigenvalue weighted by atomic mass is 9.90. The van der Waals surface area contributed by atoms with Gasteiger partial charge < -0.3 is 10.1 Å². The molecule has 1 amide bonds. The zero-order chi connectivity index (χ0) is 25.1. The molecule has 0 bridgehead atoms. The largest absolute Gasteiger partial charge is 0.381 e. The monoisotopic (exact) mass is 484 g/mol. The Morgan fingerprint density at radius 2 is 1.81 bits per heavy atom. The highest BCUT2D eigenvalue weighted by Crippen LogP contribution is 2.38. The molecular weight excluding hydrogens is 456 g/mol. The van der Waals surface area contributed by atoms with Crippen molar-refractivity contribution < 1.29 is 14.5 Å². The van der Waals surface area contributed by atoms with E-state index in [1.165, 1.54) is 17.7 Å². The number of aliphatic imine (C=N–C) groups is 1. The fourth-order valence-corrected chi connectivity index (χ4v) is 4.91. The first-order chi connectivity index (χ1) is 17.5. The van der Waals surface area contributed by atoms with Gasteiger partial charge in [-0.25, -0.2) is 0 Å². The number of amides is 1. The molecule has 0 aliphatic carbocycles. The van der Waals surface area contributed by atoms with Crippen LogP contribution in [0.3, 0.4) is 0 Å². The molecule has 8 heteroatoms. The number of methoxy groups -OCH3 is 1. The number of hydrogen-bond donors (Lipinski definition) is 1. The fraction of sp³-hybridized carbons (Fsp3) is 0.286. The molecule has 5 rings (SSSR count). The summed E-state index contributed by atoms with van der Waals surface area (Å²) in [5.41, 5.74) is 4.36. The van der Waals surface area contributed by atoms with E-state index in [1.807, 2.05) is 42.5 Å². The first-order valence-electron chi connectivity index (χ1n) is 12.1. The Morgan fingerprint density at radius 3 is 2.47 bits per heavy atom. The van der Waals surface area contributed by atoms with Crippen LogP contribution in [0.2, 0.25) is 0 Å². The second-order valence-corrected chi connectivity index (χ2v) is 9.19. The van der Waals surface area contributed by atoms with Crippen LogP contribution in [0.4, 0.5) is 17.1 Å². The van der Waals surface area contributed by atoms with Gasteiger partial charge in [0, 0.05) is 50.1 Å². The number of likely N-dealkylation sites (tertiary alicyclic amines) is 1. The third-order valence-corrected chi connectivity index (χ3v) is 6.88. The quantitative estimate of drug-likeness (QED) is 0.287. The summed E-state index contributed by atoms with van der Waals surface area (Å²) in [6.07, 6.45) is 2.44. The number of nitrogens with zero attached hydrogens (tertiary/aromatic N) is 3. The maximum absolute atomic E-state index is 13.1. The van der Waals surface area contributed by atoms with Crippen LogP contribution in [-0.2, 0) is 16.1 Å². The molecule has 36 heavy (non-hydrogen) atoms. The molecule has 8 nitrogen and oxygen atoms in total. The number of hydrogen-bond acceptors (Lipinski definition) is 6. The van der Waals surface area contributed by atoms with Crippen LogP contribution in [0.5, 0.6) is 0 Å². The number of rotatable bonds is 7. The molecule has 0 spiro atoms. The van der Waals surface area contributed by atoms with Gasteiger partial charge in [0.25, 0.3) is 5.69 Å². The van der Waals surface area contributed by atoms with Crippen LogP contribution in [0.1, 0.15) is 35.4 Å². The van der Waals surface area contributed by atoms with E-state index >= 15 is 0 Å². The Labute approximate surface area is 209 Å². The summed E-state index contributed by atoms with van der Waals surface area (Å²) in [6.45, 7) is 2.89. The third kappa shape index (κ3) is 5.05. The van der Waals surface area contributed by atoms with E-state index in [-0.39, 0.29) is 11.6 Å². The second kappa shape index (κ2) is 10.4. The number of benzene rings is 3. The smallest absolute Gasteiger partial charge is 0.269 e. The molecule has 1 unspecified atom stereocenters. The van der Waals surface area contributed by atoms with E-state index < -0.39 is 10.8 Å². The highest BCUT2D eigenvalue weighted by Gasteiger charge is 2.36. The van der Waals surface area contributed by atoms with Crippen LogP contribution in [0, 0.1) is 10.1 Å². The molecule has 0 saturated carbocycles. The van der Waals surface area contributed by atoms with E-state index in [9.17, 15) is 14.9 Å². The van der Waals surface area contributed by atoms with Gasteiger partial charge in [0.15, 0.2) is 0 Å². The number of carbonyl (C=O) groups is 1. The van der Waals surface area contributed by atoms with Crippen molar-refractivity contribution in [1.29, 1.82) is 0 Å². The number of non-ortho nitro benzene ring substituents is 1. The number of nitro benzene ring substituents is 1. The summed E-state index contributed by atoms with van der Waals surface area (Å²) < 4.78 is 5.47. The zero-order valence-corrected chi connectivity index (χ0v) is 20.1. The molecule has 1 N–H and O–H groups in total. The molecule has 1 atom stereocenters. The molecule has 2 heterocycles. The molecule has 3 aromatic rings. The van der Waals surface area contributed by atoms with Gasteiger partial charge >= 0.3 is 0 Å².